The van der Waals surface area contributed by atoms with Gasteiger partial charge in [0.05, 0.1) is 7.11 Å². The van der Waals surface area contributed by atoms with Crippen molar-refractivity contribution < 1.29 is 19.3 Å². The Balaban J connectivity index is 2.32. The van der Waals surface area contributed by atoms with Gasteiger partial charge in [-0.3, -0.25) is 4.57 Å². The van der Waals surface area contributed by atoms with Gasteiger partial charge in [-0.2, -0.15) is 0 Å². The van der Waals surface area contributed by atoms with E-state index >= 15 is 0 Å². The van der Waals surface area contributed by atoms with Crippen LogP contribution in [0.2, 0.25) is 0 Å². The molecule has 0 saturated heterocycles. The van der Waals surface area contributed by atoms with Crippen LogP contribution < -0.4 is 10.0 Å². The Morgan fingerprint density at radius 2 is 1.63 bits per heavy atom. The minimum atomic E-state index is -3.87. The van der Waals surface area contributed by atoms with Gasteiger partial charge in [0.1, 0.15) is 5.75 Å². The third-order valence-electron chi connectivity index (χ3n) is 2.87. The summed E-state index contributed by atoms with van der Waals surface area (Å²) in [4.78, 5) is 10.1. The topological polar surface area (TPSA) is 66.8 Å². The van der Waals surface area contributed by atoms with E-state index in [1.54, 1.807) is 42.5 Å². The van der Waals surface area contributed by atoms with Crippen molar-refractivity contribution in [2.24, 2.45) is 0 Å². The van der Waals surface area contributed by atoms with E-state index in [1.807, 2.05) is 0 Å². The van der Waals surface area contributed by atoms with Crippen molar-refractivity contribution in [2.75, 3.05) is 7.11 Å². The molecular formula is C14H15O4P. The standard InChI is InChI=1S/C14H15O4P/c1-18-12-9-7-11(8-10-12)14(15)19(16,17)13-5-3-2-4-6-13/h2-10,14-15H,1H3,(H,16,17). The number of benzene rings is 2. The minimum Gasteiger partial charge on any atom is -0.497 e. The van der Waals surface area contributed by atoms with Gasteiger partial charge in [-0.1, -0.05) is 30.3 Å². The second-order valence-electron chi connectivity index (χ2n) is 4.11. The van der Waals surface area contributed by atoms with Crippen molar-refractivity contribution in [2.45, 2.75) is 5.85 Å². The van der Waals surface area contributed by atoms with Crippen molar-refractivity contribution in [1.82, 2.24) is 0 Å². The van der Waals surface area contributed by atoms with Crippen LogP contribution in [-0.2, 0) is 4.57 Å². The molecule has 4 nitrogen and oxygen atoms in total. The lowest BCUT2D eigenvalue weighted by atomic mass is 10.2. The molecule has 0 amide bonds. The lowest BCUT2D eigenvalue weighted by Gasteiger charge is -2.19. The van der Waals surface area contributed by atoms with Crippen molar-refractivity contribution >= 4 is 12.7 Å². The van der Waals surface area contributed by atoms with Gasteiger partial charge < -0.3 is 14.7 Å². The number of aliphatic hydroxyl groups is 1. The molecule has 2 rings (SSSR count). The Labute approximate surface area is 111 Å². The van der Waals surface area contributed by atoms with E-state index in [4.69, 9.17) is 4.74 Å². The van der Waals surface area contributed by atoms with Crippen LogP contribution in [0.5, 0.6) is 5.75 Å². The lowest BCUT2D eigenvalue weighted by molar-refractivity contribution is 0.238. The Hall–Kier alpha value is -1.61. The minimum absolute atomic E-state index is 0.235. The van der Waals surface area contributed by atoms with Gasteiger partial charge >= 0.3 is 0 Å². The Kier molecular flexibility index (Phi) is 4.05. The van der Waals surface area contributed by atoms with Crippen LogP contribution >= 0.6 is 7.37 Å². The van der Waals surface area contributed by atoms with E-state index in [-0.39, 0.29) is 5.30 Å². The van der Waals surface area contributed by atoms with E-state index in [0.29, 0.717) is 11.3 Å². The van der Waals surface area contributed by atoms with Crippen LogP contribution in [0.25, 0.3) is 0 Å². The average molecular weight is 278 g/mol. The first-order chi connectivity index (χ1) is 9.05. The Bertz CT molecular complexity index is 580. The zero-order chi connectivity index (χ0) is 13.9. The van der Waals surface area contributed by atoms with E-state index in [1.165, 1.54) is 19.2 Å². The molecule has 0 heterocycles. The van der Waals surface area contributed by atoms with Gasteiger partial charge in [0.2, 0.25) is 0 Å². The van der Waals surface area contributed by atoms with Crippen LogP contribution in [0.3, 0.4) is 0 Å². The molecular weight excluding hydrogens is 263 g/mol. The number of hydrogen-bond acceptors (Lipinski definition) is 3. The molecule has 0 aliphatic heterocycles. The van der Waals surface area contributed by atoms with E-state index < -0.39 is 13.2 Å². The molecule has 0 fully saturated rings. The molecule has 0 aromatic heterocycles. The van der Waals surface area contributed by atoms with Gasteiger partial charge in [0.25, 0.3) is 7.37 Å². The molecule has 2 aromatic rings. The number of aliphatic hydroxyl groups excluding tert-OH is 1. The smallest absolute Gasteiger partial charge is 0.261 e. The largest absolute Gasteiger partial charge is 0.497 e. The third kappa shape index (κ3) is 2.87. The van der Waals surface area contributed by atoms with E-state index in [0.717, 1.165) is 0 Å². The maximum absolute atomic E-state index is 12.3. The zero-order valence-corrected chi connectivity index (χ0v) is 11.3. The summed E-state index contributed by atoms with van der Waals surface area (Å²) in [6, 6.07) is 14.6. The van der Waals surface area contributed by atoms with Crippen LogP contribution in [0, 0.1) is 0 Å². The zero-order valence-electron chi connectivity index (χ0n) is 10.4. The molecule has 19 heavy (non-hydrogen) atoms. The molecule has 0 aliphatic carbocycles. The van der Waals surface area contributed by atoms with E-state index in [9.17, 15) is 14.6 Å². The van der Waals surface area contributed by atoms with Crippen molar-refractivity contribution in [3.63, 3.8) is 0 Å². The molecule has 0 spiro atoms. The first-order valence-electron chi connectivity index (χ1n) is 5.76. The van der Waals surface area contributed by atoms with Crippen molar-refractivity contribution in [3.05, 3.63) is 60.2 Å². The summed E-state index contributed by atoms with van der Waals surface area (Å²) >= 11 is 0. The third-order valence-corrected chi connectivity index (χ3v) is 4.87. The highest BCUT2D eigenvalue weighted by Crippen LogP contribution is 2.52. The number of hydrogen-bond donors (Lipinski definition) is 2. The summed E-state index contributed by atoms with van der Waals surface area (Å²) in [6.45, 7) is 0. The summed E-state index contributed by atoms with van der Waals surface area (Å²) in [7, 11) is -2.33. The van der Waals surface area contributed by atoms with Gasteiger partial charge in [-0.05, 0) is 29.8 Å². The van der Waals surface area contributed by atoms with Gasteiger partial charge in [0, 0.05) is 5.30 Å². The maximum atomic E-state index is 12.3. The maximum Gasteiger partial charge on any atom is 0.261 e. The quantitative estimate of drug-likeness (QED) is 0.842. The fourth-order valence-corrected chi connectivity index (χ4v) is 3.22. The fourth-order valence-electron chi connectivity index (χ4n) is 1.76. The monoisotopic (exact) mass is 278 g/mol. The highest BCUT2D eigenvalue weighted by Gasteiger charge is 2.32. The van der Waals surface area contributed by atoms with Crippen LogP contribution in [0.15, 0.2) is 54.6 Å². The van der Waals surface area contributed by atoms with Gasteiger partial charge in [-0.15, -0.1) is 0 Å². The Morgan fingerprint density at radius 3 is 2.16 bits per heavy atom. The van der Waals surface area contributed by atoms with Crippen molar-refractivity contribution in [1.29, 1.82) is 0 Å². The number of rotatable bonds is 4. The molecule has 100 valence electrons. The first kappa shape index (κ1) is 13.8. The normalized spacial score (nSPS) is 15.5. The molecule has 2 aromatic carbocycles. The molecule has 5 heteroatoms. The number of methoxy groups -OCH3 is 1. The first-order valence-corrected chi connectivity index (χ1v) is 7.48. The van der Waals surface area contributed by atoms with Crippen molar-refractivity contribution in [3.8, 4) is 5.75 Å². The summed E-state index contributed by atoms with van der Waals surface area (Å²) in [6.07, 6.45) is 0. The summed E-state index contributed by atoms with van der Waals surface area (Å²) in [5.74, 6) is -0.816. The molecule has 0 radical (unpaired) electrons. The second kappa shape index (κ2) is 5.57. The summed E-state index contributed by atoms with van der Waals surface area (Å²) in [5, 5.41) is 10.3. The van der Waals surface area contributed by atoms with Crippen LogP contribution in [-0.4, -0.2) is 17.1 Å². The molecule has 0 saturated carbocycles. The second-order valence-corrected chi connectivity index (χ2v) is 6.36. The lowest BCUT2D eigenvalue weighted by Crippen LogP contribution is -2.11. The fraction of sp³-hybridized carbons (Fsp3) is 0.143. The SMILES string of the molecule is COc1ccc(C(O)P(=O)(O)c2ccccc2)cc1. The average Bonchev–Trinajstić information content (AvgIpc) is 2.47. The van der Waals surface area contributed by atoms with E-state index in [2.05, 4.69) is 0 Å². The number of ether oxygens (including phenoxy) is 1. The highest BCUT2D eigenvalue weighted by atomic mass is 31.2. The Morgan fingerprint density at radius 1 is 1.05 bits per heavy atom. The molecule has 0 aliphatic rings. The highest BCUT2D eigenvalue weighted by molar-refractivity contribution is 7.66. The summed E-state index contributed by atoms with van der Waals surface area (Å²) < 4.78 is 17.4. The predicted molar refractivity (Wildman–Crippen MR) is 73.9 cm³/mol. The molecule has 2 unspecified atom stereocenters. The molecule has 2 N–H and O–H groups in total. The van der Waals surface area contributed by atoms with Crippen LogP contribution in [0.1, 0.15) is 11.4 Å². The van der Waals surface area contributed by atoms with Gasteiger partial charge in [0.15, 0.2) is 5.85 Å². The van der Waals surface area contributed by atoms with Gasteiger partial charge in [-0.25, -0.2) is 0 Å². The summed E-state index contributed by atoms with van der Waals surface area (Å²) in [5.41, 5.74) is 0.385. The molecule has 2 atom stereocenters. The predicted octanol–water partition coefficient (Wildman–Crippen LogP) is 2.28. The van der Waals surface area contributed by atoms with Crippen LogP contribution in [0.4, 0.5) is 0 Å². The molecule has 0 bridgehead atoms.